The minimum atomic E-state index is 0.121. The van der Waals surface area contributed by atoms with E-state index in [9.17, 15) is 14.4 Å². The first-order valence-electron chi connectivity index (χ1n) is 38.1. The summed E-state index contributed by atoms with van der Waals surface area (Å²) in [5.41, 5.74) is 3.65. The van der Waals surface area contributed by atoms with Gasteiger partial charge in [0.25, 0.3) is 0 Å². The maximum Gasteiger partial charge on any atom is 0.159 e. The van der Waals surface area contributed by atoms with E-state index in [4.69, 9.17) is 9.47 Å². The van der Waals surface area contributed by atoms with Gasteiger partial charge in [-0.05, 0) is 84.3 Å². The fourth-order valence-corrected chi connectivity index (χ4v) is 7.83. The van der Waals surface area contributed by atoms with Gasteiger partial charge < -0.3 is 14.2 Å². The Balaban J connectivity index is -0.000000357. The number of ether oxygens (including phenoxy) is 3. The molecule has 0 aliphatic heterocycles. The van der Waals surface area contributed by atoms with Crippen molar-refractivity contribution in [2.75, 3.05) is 28.4 Å². The zero-order valence-corrected chi connectivity index (χ0v) is 70.1. The van der Waals surface area contributed by atoms with Crippen molar-refractivity contribution in [3.05, 3.63) is 423 Å². The van der Waals surface area contributed by atoms with E-state index >= 15 is 0 Å². The van der Waals surface area contributed by atoms with E-state index in [-0.39, 0.29) is 17.3 Å². The Morgan fingerprint density at radius 3 is 0.385 bits per heavy atom. The van der Waals surface area contributed by atoms with Crippen LogP contribution in [0.25, 0.3) is 32.3 Å². The smallest absolute Gasteiger partial charge is 0.159 e. The molecule has 0 amide bonds. The van der Waals surface area contributed by atoms with Crippen molar-refractivity contribution in [3.8, 4) is 11.5 Å². The monoisotopic (exact) mass is 1470 g/mol. The number of benzene rings is 14. The Morgan fingerprint density at radius 2 is 0.294 bits per heavy atom. The molecule has 0 unspecified atom stereocenters. The molecule has 0 aliphatic rings. The molecule has 14 aromatic carbocycles. The van der Waals surface area contributed by atoms with Crippen LogP contribution in [0.2, 0.25) is 0 Å². The standard InChI is InChI=1S/3C10H8.3C8H8O.2C7H8O.C7H8.2C6H6.C2H6O.7C2H6/c3*1-2-6-10-8-4-3-7-9(10)5-1;3*1-7(9)8-5-3-2-4-6-8;2*1-8-7-5-3-2-4-6-7;1-7-5-3-2-4-6-7;2*1-2-4-6-5-3-1;1-3-2;7*1-2/h3*1-8H;3*2-6H,1H3;2*2-6H,1H3;2-6H,1H3;2*1-6H;1-2H3;7*1-2H3. The molecule has 0 atom stereocenters. The normalized spacial score (nSPS) is 8.24. The lowest BCUT2D eigenvalue weighted by molar-refractivity contribution is 0.100. The van der Waals surface area contributed by atoms with Crippen LogP contribution in [0.15, 0.2) is 400 Å². The molecule has 0 saturated carbocycles. The van der Waals surface area contributed by atoms with Gasteiger partial charge >= 0.3 is 0 Å². The van der Waals surface area contributed by atoms with Crippen LogP contribution in [0.5, 0.6) is 11.5 Å². The molecule has 0 aliphatic carbocycles. The van der Waals surface area contributed by atoms with Crippen LogP contribution in [0, 0.1) is 6.92 Å². The Labute approximate surface area is 661 Å². The highest BCUT2D eigenvalue weighted by Crippen LogP contribution is 2.14. The van der Waals surface area contributed by atoms with Crippen LogP contribution in [0.3, 0.4) is 0 Å². The summed E-state index contributed by atoms with van der Waals surface area (Å²) in [5, 5.41) is 7.86. The molecule has 109 heavy (non-hydrogen) atoms. The number of rotatable bonds is 5. The lowest BCUT2D eigenvalue weighted by Crippen LogP contribution is -1.88. The number of carbonyl (C=O) groups excluding carboxylic acids is 3. The van der Waals surface area contributed by atoms with E-state index in [0.717, 1.165) is 28.2 Å². The highest BCUT2D eigenvalue weighted by atomic mass is 16.5. The zero-order valence-electron chi connectivity index (χ0n) is 70.1. The first-order chi connectivity index (χ1) is 53.5. The van der Waals surface area contributed by atoms with Crippen molar-refractivity contribution in [1.82, 2.24) is 0 Å². The minimum absolute atomic E-state index is 0.121. The van der Waals surface area contributed by atoms with Crippen molar-refractivity contribution in [2.45, 2.75) is 125 Å². The molecule has 6 heteroatoms. The van der Waals surface area contributed by atoms with Crippen LogP contribution in [-0.4, -0.2) is 45.8 Å². The molecule has 6 nitrogen and oxygen atoms in total. The molecule has 0 N–H and O–H groups in total. The number of Topliss-reactive ketones (excluding diaryl/α,β-unsaturated/α-hetero) is 3. The van der Waals surface area contributed by atoms with Gasteiger partial charge in [0.15, 0.2) is 17.3 Å². The average Bonchev–Trinajstić information content (AvgIpc) is 0.880. The van der Waals surface area contributed by atoms with Gasteiger partial charge in [0.1, 0.15) is 11.5 Å². The van der Waals surface area contributed by atoms with E-state index in [1.807, 2.05) is 340 Å². The van der Waals surface area contributed by atoms with Crippen LogP contribution in [0.1, 0.15) is 154 Å². The molecule has 0 saturated heterocycles. The molecular weight excluding hydrogens is 1330 g/mol. The minimum Gasteiger partial charge on any atom is -0.497 e. The molecule has 0 radical (unpaired) electrons. The number of hydrogen-bond acceptors (Lipinski definition) is 6. The van der Waals surface area contributed by atoms with Gasteiger partial charge in [0.05, 0.1) is 14.2 Å². The Bertz CT molecular complexity index is 3490. The number of methoxy groups -OCH3 is 3. The summed E-state index contributed by atoms with van der Waals surface area (Å²) < 4.78 is 14.1. The lowest BCUT2D eigenvalue weighted by atomic mass is 10.1. The first-order valence-corrected chi connectivity index (χ1v) is 38.1. The summed E-state index contributed by atoms with van der Waals surface area (Å²) in [6.07, 6.45) is 0. The van der Waals surface area contributed by atoms with Crippen LogP contribution < -0.4 is 9.47 Å². The second-order valence-corrected chi connectivity index (χ2v) is 20.2. The number of hydrogen-bond donors (Lipinski definition) is 0. The van der Waals surface area contributed by atoms with Crippen molar-refractivity contribution in [2.24, 2.45) is 0 Å². The summed E-state index contributed by atoms with van der Waals surface area (Å²) in [7, 11) is 6.57. The van der Waals surface area contributed by atoms with E-state index < -0.39 is 0 Å². The number of carbonyl (C=O) groups is 3. The molecule has 0 spiro atoms. The van der Waals surface area contributed by atoms with Gasteiger partial charge in [-0.25, -0.2) is 0 Å². The van der Waals surface area contributed by atoms with Crippen LogP contribution in [-0.2, 0) is 4.74 Å². The van der Waals surface area contributed by atoms with Gasteiger partial charge in [-0.15, -0.1) is 0 Å². The molecule has 14 rings (SSSR count). The molecule has 0 bridgehead atoms. The third-order valence-electron chi connectivity index (χ3n) is 12.7. The maximum atomic E-state index is 10.6. The number of para-hydroxylation sites is 2. The van der Waals surface area contributed by atoms with Crippen molar-refractivity contribution >= 4 is 49.7 Å². The Hall–Kier alpha value is -11.6. The van der Waals surface area contributed by atoms with Gasteiger partial charge in [-0.1, -0.05) is 479 Å². The molecular formula is C103H132O6. The van der Waals surface area contributed by atoms with Gasteiger partial charge in [0, 0.05) is 30.9 Å². The maximum absolute atomic E-state index is 10.6. The highest BCUT2D eigenvalue weighted by molar-refractivity contribution is 5.95. The van der Waals surface area contributed by atoms with Gasteiger partial charge in [-0.3, -0.25) is 14.4 Å². The SMILES string of the molecule is CC.CC.CC.CC.CC.CC.CC.CC(=O)c1ccccc1.CC(=O)c1ccccc1.CC(=O)c1ccccc1.COC.COc1ccccc1.COc1ccccc1.Cc1ccccc1.c1ccc2ccccc2c1.c1ccc2ccccc2c1.c1ccc2ccccc2c1.c1ccccc1.c1ccccc1. The second-order valence-electron chi connectivity index (χ2n) is 20.2. The van der Waals surface area contributed by atoms with Crippen LogP contribution >= 0.6 is 0 Å². The van der Waals surface area contributed by atoms with E-state index in [2.05, 4.69) is 169 Å². The van der Waals surface area contributed by atoms with Crippen molar-refractivity contribution in [3.63, 3.8) is 0 Å². The predicted molar refractivity (Wildman–Crippen MR) is 484 cm³/mol. The average molecular weight is 1470 g/mol. The fraction of sp³-hybridized carbons (Fsp3) is 0.214. The number of fused-ring (bicyclic) bond motifs is 3. The van der Waals surface area contributed by atoms with E-state index in [1.165, 1.54) is 37.9 Å². The summed E-state index contributed by atoms with van der Waals surface area (Å²) in [5.74, 6) is 2.18. The summed E-state index contributed by atoms with van der Waals surface area (Å²) in [4.78, 5) is 31.9. The first kappa shape index (κ1) is 106. The fourth-order valence-electron chi connectivity index (χ4n) is 7.83. The zero-order chi connectivity index (χ0) is 82.5. The van der Waals surface area contributed by atoms with Crippen molar-refractivity contribution < 1.29 is 28.6 Å². The number of ketones is 3. The molecule has 0 heterocycles. The molecule has 0 aromatic heterocycles. The topological polar surface area (TPSA) is 78.9 Å². The van der Waals surface area contributed by atoms with E-state index in [1.54, 1.807) is 49.2 Å². The third-order valence-corrected chi connectivity index (χ3v) is 12.7. The summed E-state index contributed by atoms with van der Waals surface area (Å²) in [6.45, 7) is 34.8. The van der Waals surface area contributed by atoms with E-state index in [0.29, 0.717) is 0 Å². The largest absolute Gasteiger partial charge is 0.497 e. The Morgan fingerprint density at radius 1 is 0.183 bits per heavy atom. The Kier molecular flexibility index (Phi) is 81.4. The predicted octanol–water partition coefficient (Wildman–Crippen LogP) is 30.4. The lowest BCUT2D eigenvalue weighted by Gasteiger charge is -1.93. The van der Waals surface area contributed by atoms with Crippen molar-refractivity contribution in [1.29, 1.82) is 0 Å². The van der Waals surface area contributed by atoms with Gasteiger partial charge in [0.2, 0.25) is 0 Å². The summed E-state index contributed by atoms with van der Waals surface area (Å²) in [6, 6.07) is 131. The second kappa shape index (κ2) is 83.7. The summed E-state index contributed by atoms with van der Waals surface area (Å²) >= 11 is 0. The number of aryl methyl sites for hydroxylation is 1. The highest BCUT2D eigenvalue weighted by Gasteiger charge is 1.95. The van der Waals surface area contributed by atoms with Gasteiger partial charge in [-0.2, -0.15) is 0 Å². The molecule has 580 valence electrons. The third kappa shape index (κ3) is 61.3. The quantitative estimate of drug-likeness (QED) is 0.160. The van der Waals surface area contributed by atoms with Crippen LogP contribution in [0.4, 0.5) is 0 Å². The molecule has 0 fully saturated rings. The molecule has 14 aromatic rings.